The molecule has 2 aromatic rings. The van der Waals surface area contributed by atoms with Gasteiger partial charge in [-0.1, -0.05) is 41.4 Å². The maximum atomic E-state index is 13.0. The number of hydrogen-bond acceptors (Lipinski definition) is 4. The Kier molecular flexibility index (Phi) is 7.86. The second-order valence-electron chi connectivity index (χ2n) is 7.66. The van der Waals surface area contributed by atoms with Crippen molar-refractivity contribution in [1.29, 1.82) is 0 Å². The van der Waals surface area contributed by atoms with Crippen molar-refractivity contribution < 1.29 is 17.9 Å². The first kappa shape index (κ1) is 23.9. The van der Waals surface area contributed by atoms with Crippen LogP contribution in [0.4, 0.5) is 0 Å². The van der Waals surface area contributed by atoms with E-state index in [4.69, 9.17) is 27.9 Å². The number of benzene rings is 2. The van der Waals surface area contributed by atoms with Crippen molar-refractivity contribution in [2.24, 2.45) is 5.92 Å². The lowest BCUT2D eigenvalue weighted by atomic mass is 9.98. The van der Waals surface area contributed by atoms with Gasteiger partial charge in [-0.3, -0.25) is 4.79 Å². The molecule has 0 bridgehead atoms. The topological polar surface area (TPSA) is 75.7 Å². The van der Waals surface area contributed by atoms with Gasteiger partial charge < -0.3 is 10.1 Å². The molecular formula is C22H26Cl2N2O4S. The Morgan fingerprint density at radius 1 is 1.19 bits per heavy atom. The molecular weight excluding hydrogens is 459 g/mol. The van der Waals surface area contributed by atoms with Crippen molar-refractivity contribution in [1.82, 2.24) is 9.62 Å². The van der Waals surface area contributed by atoms with Gasteiger partial charge in [-0.2, -0.15) is 0 Å². The number of rotatable bonds is 7. The molecule has 2 aromatic carbocycles. The monoisotopic (exact) mass is 484 g/mol. The van der Waals surface area contributed by atoms with Crippen LogP contribution in [-0.4, -0.2) is 38.8 Å². The van der Waals surface area contributed by atoms with E-state index < -0.39 is 15.9 Å². The lowest BCUT2D eigenvalue weighted by Gasteiger charge is -2.32. The van der Waals surface area contributed by atoms with E-state index in [0.717, 1.165) is 11.3 Å². The minimum Gasteiger partial charge on any atom is -0.497 e. The molecule has 1 aliphatic rings. The van der Waals surface area contributed by atoms with Crippen molar-refractivity contribution in [3.05, 3.63) is 63.6 Å². The summed E-state index contributed by atoms with van der Waals surface area (Å²) in [7, 11) is -2.07. The number of ether oxygens (including phenoxy) is 1. The zero-order valence-corrected chi connectivity index (χ0v) is 19.8. The van der Waals surface area contributed by atoms with Gasteiger partial charge >= 0.3 is 0 Å². The predicted molar refractivity (Wildman–Crippen MR) is 123 cm³/mol. The van der Waals surface area contributed by atoms with E-state index in [2.05, 4.69) is 5.32 Å². The Morgan fingerprint density at radius 2 is 1.84 bits per heavy atom. The third-order valence-electron chi connectivity index (χ3n) is 5.51. The van der Waals surface area contributed by atoms with Crippen LogP contribution in [0.3, 0.4) is 0 Å². The minimum atomic E-state index is -3.67. The number of amides is 1. The first-order chi connectivity index (χ1) is 14.7. The SMILES string of the molecule is COc1ccc([C@@H](C)NC(=O)[C@H]2CCCN(S(=O)(=O)Cc3c(Cl)cccc3Cl)C2)cc1. The molecule has 1 amide bonds. The second-order valence-corrected chi connectivity index (χ2v) is 10.4. The lowest BCUT2D eigenvalue weighted by Crippen LogP contribution is -2.46. The number of halogens is 2. The minimum absolute atomic E-state index is 0.144. The first-order valence-corrected chi connectivity index (χ1v) is 12.4. The second kappa shape index (κ2) is 10.2. The molecule has 1 fully saturated rings. The van der Waals surface area contributed by atoms with Crippen LogP contribution in [0, 0.1) is 5.92 Å². The van der Waals surface area contributed by atoms with Crippen LogP contribution < -0.4 is 10.1 Å². The number of piperidine rings is 1. The largest absolute Gasteiger partial charge is 0.497 e. The molecule has 0 radical (unpaired) electrons. The number of carbonyl (C=O) groups excluding carboxylic acids is 1. The summed E-state index contributed by atoms with van der Waals surface area (Å²) >= 11 is 12.3. The maximum Gasteiger partial charge on any atom is 0.224 e. The fourth-order valence-corrected chi connectivity index (χ4v) is 6.02. The van der Waals surface area contributed by atoms with Gasteiger partial charge in [0.1, 0.15) is 5.75 Å². The van der Waals surface area contributed by atoms with E-state index in [0.29, 0.717) is 35.0 Å². The van der Waals surface area contributed by atoms with Gasteiger partial charge in [0.2, 0.25) is 15.9 Å². The molecule has 3 rings (SSSR count). The van der Waals surface area contributed by atoms with Crippen LogP contribution >= 0.6 is 23.2 Å². The van der Waals surface area contributed by atoms with E-state index >= 15 is 0 Å². The van der Waals surface area contributed by atoms with Crippen molar-refractivity contribution >= 4 is 39.1 Å². The molecule has 1 heterocycles. The molecule has 31 heavy (non-hydrogen) atoms. The van der Waals surface area contributed by atoms with Gasteiger partial charge in [0.15, 0.2) is 0 Å². The number of carbonyl (C=O) groups is 1. The van der Waals surface area contributed by atoms with E-state index in [1.807, 2.05) is 31.2 Å². The summed E-state index contributed by atoms with van der Waals surface area (Å²) in [5.41, 5.74) is 1.33. The van der Waals surface area contributed by atoms with Crippen molar-refractivity contribution in [2.45, 2.75) is 31.6 Å². The average molecular weight is 485 g/mol. The molecule has 168 valence electrons. The van der Waals surface area contributed by atoms with Gasteiger partial charge in [-0.05, 0) is 49.6 Å². The Hall–Kier alpha value is -1.80. The summed E-state index contributed by atoms with van der Waals surface area (Å²) < 4.78 is 32.5. The summed E-state index contributed by atoms with van der Waals surface area (Å²) in [4.78, 5) is 12.8. The maximum absolute atomic E-state index is 13.0. The molecule has 1 N–H and O–H groups in total. The highest BCUT2D eigenvalue weighted by Crippen LogP contribution is 2.29. The summed E-state index contributed by atoms with van der Waals surface area (Å²) in [5, 5.41) is 3.63. The molecule has 1 aliphatic heterocycles. The molecule has 0 saturated carbocycles. The standard InChI is InChI=1S/C22H26Cl2N2O4S/c1-15(16-8-10-18(30-2)11-9-16)25-22(27)17-5-4-12-26(13-17)31(28,29)14-19-20(23)6-3-7-21(19)24/h3,6-11,15,17H,4-5,12-14H2,1-2H3,(H,25,27)/t15-,17+/m1/s1. The normalized spacial score (nSPS) is 18.4. The summed E-state index contributed by atoms with van der Waals surface area (Å²) in [5.74, 6) is -0.110. The highest BCUT2D eigenvalue weighted by atomic mass is 35.5. The van der Waals surface area contributed by atoms with Crippen molar-refractivity contribution in [2.75, 3.05) is 20.2 Å². The number of nitrogens with zero attached hydrogens (tertiary/aromatic N) is 1. The molecule has 0 aliphatic carbocycles. The number of sulfonamides is 1. The Bertz CT molecular complexity index is 1010. The number of methoxy groups -OCH3 is 1. The zero-order valence-electron chi connectivity index (χ0n) is 17.5. The molecule has 6 nitrogen and oxygen atoms in total. The predicted octanol–water partition coefficient (Wildman–Crippen LogP) is 4.42. The van der Waals surface area contributed by atoms with Crippen LogP contribution in [0.15, 0.2) is 42.5 Å². The highest BCUT2D eigenvalue weighted by molar-refractivity contribution is 7.88. The fourth-order valence-electron chi connectivity index (χ4n) is 3.66. The molecule has 9 heteroatoms. The molecule has 1 saturated heterocycles. The first-order valence-electron chi connectivity index (χ1n) is 10.1. The van der Waals surface area contributed by atoms with Crippen molar-refractivity contribution in [3.8, 4) is 5.75 Å². The fraction of sp³-hybridized carbons (Fsp3) is 0.409. The van der Waals surface area contributed by atoms with Crippen molar-refractivity contribution in [3.63, 3.8) is 0 Å². The van der Waals surface area contributed by atoms with Crippen LogP contribution in [0.25, 0.3) is 0 Å². The third-order valence-corrected chi connectivity index (χ3v) is 7.99. The molecule has 0 unspecified atom stereocenters. The molecule has 2 atom stereocenters. The third kappa shape index (κ3) is 5.92. The van der Waals surface area contributed by atoms with Gasteiger partial charge in [0.25, 0.3) is 0 Å². The molecule has 0 spiro atoms. The molecule has 0 aromatic heterocycles. The van der Waals surface area contributed by atoms with Crippen LogP contribution in [0.2, 0.25) is 10.0 Å². The van der Waals surface area contributed by atoms with Gasteiger partial charge in [-0.15, -0.1) is 0 Å². The van der Waals surface area contributed by atoms with Crippen LogP contribution in [-0.2, 0) is 20.6 Å². The number of hydrogen-bond donors (Lipinski definition) is 1. The quantitative estimate of drug-likeness (QED) is 0.630. The summed E-state index contributed by atoms with van der Waals surface area (Å²) in [6.07, 6.45) is 1.25. The Labute approximate surface area is 193 Å². The average Bonchev–Trinajstić information content (AvgIpc) is 2.76. The summed E-state index contributed by atoms with van der Waals surface area (Å²) in [6.45, 7) is 2.42. The van der Waals surface area contributed by atoms with Gasteiger partial charge in [0.05, 0.1) is 24.8 Å². The van der Waals surface area contributed by atoms with Gasteiger partial charge in [-0.25, -0.2) is 12.7 Å². The summed E-state index contributed by atoms with van der Waals surface area (Å²) in [6, 6.07) is 12.2. The highest BCUT2D eigenvalue weighted by Gasteiger charge is 2.33. The Balaban J connectivity index is 1.65. The van der Waals surface area contributed by atoms with Crippen LogP contribution in [0.1, 0.15) is 36.9 Å². The smallest absolute Gasteiger partial charge is 0.224 e. The van der Waals surface area contributed by atoms with Gasteiger partial charge in [0, 0.05) is 28.7 Å². The van der Waals surface area contributed by atoms with E-state index in [-0.39, 0.29) is 24.2 Å². The van der Waals surface area contributed by atoms with Crippen LogP contribution in [0.5, 0.6) is 5.75 Å². The van der Waals surface area contributed by atoms with E-state index in [1.165, 1.54) is 4.31 Å². The van der Waals surface area contributed by atoms with E-state index in [9.17, 15) is 13.2 Å². The van der Waals surface area contributed by atoms with E-state index in [1.54, 1.807) is 25.3 Å². The lowest BCUT2D eigenvalue weighted by molar-refractivity contribution is -0.126. The Morgan fingerprint density at radius 3 is 2.45 bits per heavy atom. The zero-order chi connectivity index (χ0) is 22.6. The number of nitrogens with one attached hydrogen (secondary N) is 1.